The van der Waals surface area contributed by atoms with Crippen LogP contribution in [0.1, 0.15) is 18.9 Å². The number of anilines is 1. The summed E-state index contributed by atoms with van der Waals surface area (Å²) in [4.78, 5) is 14.6. The maximum atomic E-state index is 11.9. The molecule has 2 rings (SSSR count). The maximum absolute atomic E-state index is 11.9. The summed E-state index contributed by atoms with van der Waals surface area (Å²) < 4.78 is 0. The topological polar surface area (TPSA) is 56.1 Å². The molecule has 1 N–H and O–H groups in total. The molecular weight excluding hydrogens is 258 g/mol. The molecule has 1 saturated heterocycles. The second kappa shape index (κ2) is 5.98. The van der Waals surface area contributed by atoms with Gasteiger partial charge in [0.25, 0.3) is 0 Å². The van der Waals surface area contributed by atoms with Crippen LogP contribution < -0.4 is 5.32 Å². The van der Waals surface area contributed by atoms with Crippen LogP contribution in [0, 0.1) is 11.3 Å². The number of benzene rings is 1. The quantitative estimate of drug-likeness (QED) is 0.857. The molecule has 1 amide bonds. The molecule has 0 bridgehead atoms. The molecule has 0 radical (unpaired) electrons. The highest BCUT2D eigenvalue weighted by molar-refractivity contribution is 7.99. The van der Waals surface area contributed by atoms with Gasteiger partial charge in [0, 0.05) is 18.5 Å². The van der Waals surface area contributed by atoms with Crippen molar-refractivity contribution in [2.75, 3.05) is 24.7 Å². The zero-order chi connectivity index (χ0) is 13.8. The summed E-state index contributed by atoms with van der Waals surface area (Å²) in [5, 5.41) is 12.5. The van der Waals surface area contributed by atoms with E-state index in [4.69, 9.17) is 0 Å². The van der Waals surface area contributed by atoms with Crippen LogP contribution in [0.2, 0.25) is 0 Å². The van der Waals surface area contributed by atoms with Crippen LogP contribution in [0.4, 0.5) is 5.69 Å². The first-order valence-corrected chi connectivity index (χ1v) is 7.33. The normalized spacial score (nSPS) is 18.5. The number of hydrogen-bond donors (Lipinski definition) is 1. The number of rotatable bonds is 4. The molecule has 1 unspecified atom stereocenters. The van der Waals surface area contributed by atoms with Crippen LogP contribution >= 0.6 is 11.8 Å². The molecule has 1 aromatic carbocycles. The zero-order valence-electron chi connectivity index (χ0n) is 11.1. The summed E-state index contributed by atoms with van der Waals surface area (Å²) >= 11 is 1.64. The summed E-state index contributed by atoms with van der Waals surface area (Å²) in [5.74, 6) is 1.01. The number of hydrogen-bond acceptors (Lipinski definition) is 4. The molecule has 100 valence electrons. The molecule has 1 fully saturated rings. The number of likely N-dealkylation sites (N-methyl/N-ethyl adjacent to an activating group) is 1. The standard InChI is InChI=1S/C14H17N3OS/c1-3-19-13-6-4-5-11(10(13)9-15)16-12-7-8-17(2)14(12)18/h4-6,12,16H,3,7-8H2,1-2H3. The smallest absolute Gasteiger partial charge is 0.244 e. The Balaban J connectivity index is 2.23. The lowest BCUT2D eigenvalue weighted by Gasteiger charge is -2.15. The van der Waals surface area contributed by atoms with Crippen molar-refractivity contribution in [3.05, 3.63) is 23.8 Å². The molecule has 0 saturated carbocycles. The van der Waals surface area contributed by atoms with Crippen LogP contribution in [0.25, 0.3) is 0 Å². The summed E-state index contributed by atoms with van der Waals surface area (Å²) in [6.45, 7) is 2.82. The molecule has 0 aliphatic carbocycles. The lowest BCUT2D eigenvalue weighted by molar-refractivity contribution is -0.127. The Labute approximate surface area is 117 Å². The molecule has 1 atom stereocenters. The Morgan fingerprint density at radius 1 is 1.58 bits per heavy atom. The summed E-state index contributed by atoms with van der Waals surface area (Å²) in [7, 11) is 1.80. The number of carbonyl (C=O) groups excluding carboxylic acids is 1. The van der Waals surface area contributed by atoms with Crippen molar-refractivity contribution >= 4 is 23.4 Å². The SMILES string of the molecule is CCSc1cccc(NC2CCN(C)C2=O)c1C#N. The lowest BCUT2D eigenvalue weighted by atomic mass is 10.1. The molecule has 4 nitrogen and oxygen atoms in total. The van der Waals surface area contributed by atoms with Gasteiger partial charge in [0.2, 0.25) is 5.91 Å². The van der Waals surface area contributed by atoms with Gasteiger partial charge in [0.05, 0.1) is 11.3 Å². The minimum absolute atomic E-state index is 0.0948. The largest absolute Gasteiger partial charge is 0.373 e. The number of likely N-dealkylation sites (tertiary alicyclic amines) is 1. The highest BCUT2D eigenvalue weighted by atomic mass is 32.2. The van der Waals surface area contributed by atoms with Gasteiger partial charge in [-0.25, -0.2) is 0 Å². The number of nitrogens with zero attached hydrogens (tertiary/aromatic N) is 2. The van der Waals surface area contributed by atoms with E-state index in [1.54, 1.807) is 23.7 Å². The van der Waals surface area contributed by atoms with Gasteiger partial charge < -0.3 is 10.2 Å². The molecule has 19 heavy (non-hydrogen) atoms. The van der Waals surface area contributed by atoms with Crippen molar-refractivity contribution in [3.63, 3.8) is 0 Å². The van der Waals surface area contributed by atoms with Crippen molar-refractivity contribution in [1.29, 1.82) is 5.26 Å². The first-order valence-electron chi connectivity index (χ1n) is 6.34. The highest BCUT2D eigenvalue weighted by Crippen LogP contribution is 2.29. The summed E-state index contributed by atoms with van der Waals surface area (Å²) in [6, 6.07) is 7.76. The average molecular weight is 275 g/mol. The molecular formula is C14H17N3OS. The van der Waals surface area contributed by atoms with Crippen LogP contribution in [-0.2, 0) is 4.79 Å². The molecule has 0 spiro atoms. The van der Waals surface area contributed by atoms with Crippen LogP contribution in [0.3, 0.4) is 0 Å². The third-order valence-corrected chi connectivity index (χ3v) is 4.13. The van der Waals surface area contributed by atoms with Crippen LogP contribution in [-0.4, -0.2) is 36.2 Å². The summed E-state index contributed by atoms with van der Waals surface area (Å²) in [5.41, 5.74) is 1.39. The second-order valence-electron chi connectivity index (χ2n) is 4.47. The van der Waals surface area contributed by atoms with Gasteiger partial charge in [0.15, 0.2) is 0 Å². The van der Waals surface area contributed by atoms with E-state index in [1.165, 1.54) is 0 Å². The van der Waals surface area contributed by atoms with Gasteiger partial charge in [-0.05, 0) is 24.3 Å². The molecule has 1 aliphatic heterocycles. The average Bonchev–Trinajstić information content (AvgIpc) is 2.72. The van der Waals surface area contributed by atoms with Gasteiger partial charge in [-0.2, -0.15) is 5.26 Å². The number of nitrogens with one attached hydrogen (secondary N) is 1. The van der Waals surface area contributed by atoms with Gasteiger partial charge >= 0.3 is 0 Å². The van der Waals surface area contributed by atoms with E-state index >= 15 is 0 Å². The number of nitriles is 1. The Hall–Kier alpha value is -1.67. The van der Waals surface area contributed by atoms with E-state index in [2.05, 4.69) is 18.3 Å². The van der Waals surface area contributed by atoms with E-state index in [0.29, 0.717) is 5.56 Å². The number of amides is 1. The van der Waals surface area contributed by atoms with Gasteiger partial charge in [0.1, 0.15) is 12.1 Å². The minimum atomic E-state index is -0.209. The fourth-order valence-electron chi connectivity index (χ4n) is 2.19. The Morgan fingerprint density at radius 3 is 2.95 bits per heavy atom. The molecule has 5 heteroatoms. The Morgan fingerprint density at radius 2 is 2.37 bits per heavy atom. The van der Waals surface area contributed by atoms with Crippen molar-refractivity contribution in [2.24, 2.45) is 0 Å². The fraction of sp³-hybridized carbons (Fsp3) is 0.429. The van der Waals surface area contributed by atoms with E-state index < -0.39 is 0 Å². The lowest BCUT2D eigenvalue weighted by Crippen LogP contribution is -2.31. The van der Waals surface area contributed by atoms with Crippen LogP contribution in [0.5, 0.6) is 0 Å². The van der Waals surface area contributed by atoms with E-state index in [9.17, 15) is 10.1 Å². The number of carbonyl (C=O) groups is 1. The van der Waals surface area contributed by atoms with E-state index in [1.807, 2.05) is 18.2 Å². The van der Waals surface area contributed by atoms with E-state index in [-0.39, 0.29) is 11.9 Å². The van der Waals surface area contributed by atoms with Crippen molar-refractivity contribution in [3.8, 4) is 6.07 Å². The third-order valence-electron chi connectivity index (χ3n) is 3.20. The van der Waals surface area contributed by atoms with Crippen molar-refractivity contribution in [1.82, 2.24) is 4.90 Å². The van der Waals surface area contributed by atoms with Gasteiger partial charge in [-0.1, -0.05) is 13.0 Å². The fourth-order valence-corrected chi connectivity index (χ4v) is 2.97. The summed E-state index contributed by atoms with van der Waals surface area (Å²) in [6.07, 6.45) is 0.783. The predicted octanol–water partition coefficient (Wildman–Crippen LogP) is 2.31. The molecule has 1 aliphatic rings. The number of thioether (sulfide) groups is 1. The van der Waals surface area contributed by atoms with Gasteiger partial charge in [-0.15, -0.1) is 11.8 Å². The van der Waals surface area contributed by atoms with E-state index in [0.717, 1.165) is 29.3 Å². The first kappa shape index (κ1) is 13.8. The van der Waals surface area contributed by atoms with Crippen LogP contribution in [0.15, 0.2) is 23.1 Å². The predicted molar refractivity (Wildman–Crippen MR) is 77.2 cm³/mol. The first-order chi connectivity index (χ1) is 9.17. The third kappa shape index (κ3) is 2.85. The molecule has 1 heterocycles. The minimum Gasteiger partial charge on any atom is -0.373 e. The van der Waals surface area contributed by atoms with Gasteiger partial charge in [-0.3, -0.25) is 4.79 Å². The molecule has 1 aromatic rings. The molecule has 0 aromatic heterocycles. The monoisotopic (exact) mass is 275 g/mol. The van der Waals surface area contributed by atoms with Crippen molar-refractivity contribution < 1.29 is 4.79 Å². The Bertz CT molecular complexity index is 524. The van der Waals surface area contributed by atoms with Crippen molar-refractivity contribution in [2.45, 2.75) is 24.3 Å². The Kier molecular flexibility index (Phi) is 4.33. The highest BCUT2D eigenvalue weighted by Gasteiger charge is 2.29. The maximum Gasteiger partial charge on any atom is 0.244 e. The zero-order valence-corrected chi connectivity index (χ0v) is 12.0. The second-order valence-corrected chi connectivity index (χ2v) is 5.77.